The number of hydrogen-bond donors (Lipinski definition) is 1. The summed E-state index contributed by atoms with van der Waals surface area (Å²) in [5.41, 5.74) is 2.27. The molecule has 0 bridgehead atoms. The van der Waals surface area contributed by atoms with Gasteiger partial charge >= 0.3 is 0 Å². The van der Waals surface area contributed by atoms with E-state index in [0.29, 0.717) is 13.2 Å². The van der Waals surface area contributed by atoms with Crippen molar-refractivity contribution in [3.05, 3.63) is 83.9 Å². The third kappa shape index (κ3) is 4.54. The zero-order chi connectivity index (χ0) is 16.6. The molecule has 3 heteroatoms. The summed E-state index contributed by atoms with van der Waals surface area (Å²) in [5.74, 6) is 0.0690. The fourth-order valence-corrected chi connectivity index (χ4v) is 2.99. The van der Waals surface area contributed by atoms with Crippen LogP contribution in [0.4, 0.5) is 0 Å². The molecule has 1 aliphatic rings. The molecule has 0 aromatic heterocycles. The maximum Gasteiger partial charge on any atom is 0.103 e. The maximum atomic E-state index is 9.69. The van der Waals surface area contributed by atoms with Crippen molar-refractivity contribution in [2.24, 2.45) is 5.92 Å². The summed E-state index contributed by atoms with van der Waals surface area (Å²) in [6.45, 7) is 1.18. The van der Waals surface area contributed by atoms with E-state index in [1.54, 1.807) is 0 Å². The Morgan fingerprint density at radius 3 is 2.00 bits per heavy atom. The molecular weight excluding hydrogens is 300 g/mol. The van der Waals surface area contributed by atoms with Gasteiger partial charge in [0.1, 0.15) is 6.10 Å². The molecule has 2 aromatic carbocycles. The molecule has 0 saturated heterocycles. The molecular formula is C21H24O3. The van der Waals surface area contributed by atoms with E-state index < -0.39 is 0 Å². The van der Waals surface area contributed by atoms with E-state index in [2.05, 4.69) is 24.3 Å². The van der Waals surface area contributed by atoms with Crippen molar-refractivity contribution in [2.45, 2.75) is 31.8 Å². The van der Waals surface area contributed by atoms with Crippen LogP contribution in [0.15, 0.2) is 72.8 Å². The van der Waals surface area contributed by atoms with Crippen LogP contribution in [0.1, 0.15) is 17.5 Å². The number of aliphatic hydroxyl groups is 1. The van der Waals surface area contributed by atoms with Crippen LogP contribution < -0.4 is 0 Å². The predicted molar refractivity (Wildman–Crippen MR) is 94.4 cm³/mol. The minimum Gasteiger partial charge on any atom is -0.396 e. The first-order valence-corrected chi connectivity index (χ1v) is 8.45. The SMILES string of the molecule is OC[C@H]1CC=C[C@@H](OCc2ccccc2)[C@@H]1OCc1ccccc1. The van der Waals surface area contributed by atoms with Gasteiger partial charge in [0.25, 0.3) is 0 Å². The van der Waals surface area contributed by atoms with Gasteiger partial charge in [-0.1, -0.05) is 72.8 Å². The Morgan fingerprint density at radius 1 is 0.833 bits per heavy atom. The molecule has 0 fully saturated rings. The van der Waals surface area contributed by atoms with Crippen LogP contribution >= 0.6 is 0 Å². The smallest absolute Gasteiger partial charge is 0.103 e. The lowest BCUT2D eigenvalue weighted by atomic mass is 9.89. The molecule has 24 heavy (non-hydrogen) atoms. The summed E-state index contributed by atoms with van der Waals surface area (Å²) < 4.78 is 12.2. The number of ether oxygens (including phenoxy) is 2. The highest BCUT2D eigenvalue weighted by Crippen LogP contribution is 2.26. The van der Waals surface area contributed by atoms with Gasteiger partial charge < -0.3 is 14.6 Å². The second-order valence-corrected chi connectivity index (χ2v) is 6.13. The summed E-state index contributed by atoms with van der Waals surface area (Å²) in [6, 6.07) is 20.2. The van der Waals surface area contributed by atoms with Crippen LogP contribution in [0.25, 0.3) is 0 Å². The topological polar surface area (TPSA) is 38.7 Å². The Morgan fingerprint density at radius 2 is 1.42 bits per heavy atom. The summed E-state index contributed by atoms with van der Waals surface area (Å²) >= 11 is 0. The van der Waals surface area contributed by atoms with Gasteiger partial charge in [-0.25, -0.2) is 0 Å². The highest BCUT2D eigenvalue weighted by molar-refractivity contribution is 5.15. The quantitative estimate of drug-likeness (QED) is 0.789. The lowest BCUT2D eigenvalue weighted by molar-refractivity contribution is -0.102. The summed E-state index contributed by atoms with van der Waals surface area (Å²) in [6.07, 6.45) is 4.69. The van der Waals surface area contributed by atoms with Gasteiger partial charge in [-0.15, -0.1) is 0 Å². The van der Waals surface area contributed by atoms with E-state index >= 15 is 0 Å². The van der Waals surface area contributed by atoms with E-state index in [-0.39, 0.29) is 24.7 Å². The highest BCUT2D eigenvalue weighted by atomic mass is 16.5. The van der Waals surface area contributed by atoms with E-state index in [9.17, 15) is 5.11 Å². The molecule has 0 saturated carbocycles. The molecule has 3 atom stereocenters. The van der Waals surface area contributed by atoms with Crippen molar-refractivity contribution in [1.29, 1.82) is 0 Å². The van der Waals surface area contributed by atoms with E-state index in [1.165, 1.54) is 0 Å². The zero-order valence-electron chi connectivity index (χ0n) is 13.8. The molecule has 3 nitrogen and oxygen atoms in total. The van der Waals surface area contributed by atoms with E-state index in [0.717, 1.165) is 17.5 Å². The molecule has 1 aliphatic carbocycles. The van der Waals surface area contributed by atoms with Crippen LogP contribution in [0.5, 0.6) is 0 Å². The second-order valence-electron chi connectivity index (χ2n) is 6.13. The highest BCUT2D eigenvalue weighted by Gasteiger charge is 2.31. The molecule has 0 aliphatic heterocycles. The zero-order valence-corrected chi connectivity index (χ0v) is 13.8. The average Bonchev–Trinajstić information content (AvgIpc) is 2.66. The number of allylic oxidation sites excluding steroid dienone is 1. The standard InChI is InChI=1S/C21H24O3/c22-14-19-12-7-13-20(23-15-17-8-3-1-4-9-17)21(19)24-16-18-10-5-2-6-11-18/h1-11,13,19-22H,12,14-16H2/t19-,20-,21-/m1/s1. The van der Waals surface area contributed by atoms with E-state index in [4.69, 9.17) is 9.47 Å². The van der Waals surface area contributed by atoms with E-state index in [1.807, 2.05) is 48.5 Å². The molecule has 0 heterocycles. The minimum atomic E-state index is -0.139. The van der Waals surface area contributed by atoms with Crippen LogP contribution in [0.2, 0.25) is 0 Å². The van der Waals surface area contributed by atoms with Gasteiger partial charge in [0.05, 0.1) is 19.3 Å². The Labute approximate surface area is 143 Å². The van der Waals surface area contributed by atoms with Gasteiger partial charge in [-0.3, -0.25) is 0 Å². The first-order chi connectivity index (χ1) is 11.9. The normalized spacial score (nSPS) is 23.3. The summed E-state index contributed by atoms with van der Waals surface area (Å²) in [7, 11) is 0. The fourth-order valence-electron chi connectivity index (χ4n) is 2.99. The molecule has 1 N–H and O–H groups in total. The molecule has 126 valence electrons. The van der Waals surface area contributed by atoms with Gasteiger partial charge in [0.15, 0.2) is 0 Å². The van der Waals surface area contributed by atoms with Crippen LogP contribution in [0.3, 0.4) is 0 Å². The number of aliphatic hydroxyl groups excluding tert-OH is 1. The largest absolute Gasteiger partial charge is 0.396 e. The molecule has 2 aromatic rings. The summed E-state index contributed by atoms with van der Waals surface area (Å²) in [4.78, 5) is 0. The van der Waals surface area contributed by atoms with Crippen molar-refractivity contribution in [3.63, 3.8) is 0 Å². The van der Waals surface area contributed by atoms with Crippen molar-refractivity contribution in [2.75, 3.05) is 6.61 Å². The second kappa shape index (κ2) is 8.78. The Hall–Kier alpha value is -1.94. The minimum absolute atomic E-state index is 0.0690. The maximum absolute atomic E-state index is 9.69. The van der Waals surface area contributed by atoms with Gasteiger partial charge in [-0.05, 0) is 17.5 Å². The van der Waals surface area contributed by atoms with Crippen LogP contribution in [0, 0.1) is 5.92 Å². The Kier molecular flexibility index (Phi) is 6.19. The van der Waals surface area contributed by atoms with Crippen LogP contribution in [-0.4, -0.2) is 23.9 Å². The van der Waals surface area contributed by atoms with Gasteiger partial charge in [0.2, 0.25) is 0 Å². The predicted octanol–water partition coefficient (Wildman–Crippen LogP) is 3.73. The molecule has 0 spiro atoms. The molecule has 3 rings (SSSR count). The lowest BCUT2D eigenvalue weighted by Gasteiger charge is -2.34. The molecule has 0 amide bonds. The number of benzene rings is 2. The summed E-state index contributed by atoms with van der Waals surface area (Å²) in [5, 5.41) is 9.69. The average molecular weight is 324 g/mol. The number of rotatable bonds is 7. The van der Waals surface area contributed by atoms with Crippen molar-refractivity contribution < 1.29 is 14.6 Å². The third-order valence-corrected chi connectivity index (χ3v) is 4.36. The van der Waals surface area contributed by atoms with Gasteiger partial charge in [0, 0.05) is 12.5 Å². The Balaban J connectivity index is 1.63. The van der Waals surface area contributed by atoms with Crippen molar-refractivity contribution >= 4 is 0 Å². The molecule has 0 radical (unpaired) electrons. The van der Waals surface area contributed by atoms with Gasteiger partial charge in [-0.2, -0.15) is 0 Å². The lowest BCUT2D eigenvalue weighted by Crippen LogP contribution is -2.40. The first kappa shape index (κ1) is 16.9. The Bertz CT molecular complexity index is 624. The monoisotopic (exact) mass is 324 g/mol. The third-order valence-electron chi connectivity index (χ3n) is 4.36. The molecule has 0 unspecified atom stereocenters. The van der Waals surface area contributed by atoms with Crippen LogP contribution in [-0.2, 0) is 22.7 Å². The number of hydrogen-bond acceptors (Lipinski definition) is 3. The first-order valence-electron chi connectivity index (χ1n) is 8.45. The van der Waals surface area contributed by atoms with Crippen molar-refractivity contribution in [3.8, 4) is 0 Å². The van der Waals surface area contributed by atoms with Crippen molar-refractivity contribution in [1.82, 2.24) is 0 Å². The fraction of sp³-hybridized carbons (Fsp3) is 0.333.